The summed E-state index contributed by atoms with van der Waals surface area (Å²) in [5.74, 6) is 1.00. The minimum Gasteiger partial charge on any atom is -0.371 e. The van der Waals surface area contributed by atoms with Gasteiger partial charge in [-0.1, -0.05) is 12.8 Å². The van der Waals surface area contributed by atoms with Gasteiger partial charge in [-0.3, -0.25) is 4.90 Å². The number of hydrogen-bond acceptors (Lipinski definition) is 3. The fourth-order valence-electron chi connectivity index (χ4n) is 3.77. The van der Waals surface area contributed by atoms with Crippen LogP contribution in [-0.4, -0.2) is 49.3 Å². The Morgan fingerprint density at radius 2 is 2.06 bits per heavy atom. The summed E-state index contributed by atoms with van der Waals surface area (Å²) in [5, 5.41) is 3.29. The Morgan fingerprint density at radius 1 is 1.24 bits per heavy atom. The van der Waals surface area contributed by atoms with Crippen molar-refractivity contribution in [3.63, 3.8) is 0 Å². The van der Waals surface area contributed by atoms with E-state index in [0.29, 0.717) is 0 Å². The first kappa shape index (κ1) is 11.9. The minimum atomic E-state index is 0.131. The maximum Gasteiger partial charge on any atom is 0.0902 e. The molecule has 2 unspecified atom stereocenters. The zero-order valence-electron chi connectivity index (χ0n) is 11.1. The van der Waals surface area contributed by atoms with Crippen LogP contribution in [0.1, 0.15) is 39.0 Å². The van der Waals surface area contributed by atoms with Crippen LogP contribution in [0.4, 0.5) is 0 Å². The van der Waals surface area contributed by atoms with E-state index < -0.39 is 0 Å². The number of rotatable bonds is 4. The molecule has 1 saturated carbocycles. The summed E-state index contributed by atoms with van der Waals surface area (Å²) in [5.41, 5.74) is 0.131. The lowest BCUT2D eigenvalue weighted by Gasteiger charge is -2.40. The number of likely N-dealkylation sites (tertiary alicyclic amines) is 1. The minimum absolute atomic E-state index is 0.131. The number of nitrogens with zero attached hydrogens (tertiary/aromatic N) is 1. The average Bonchev–Trinajstić information content (AvgIpc) is 2.71. The van der Waals surface area contributed by atoms with E-state index in [2.05, 4.69) is 17.1 Å². The topological polar surface area (TPSA) is 24.5 Å². The molecule has 1 aliphatic carbocycles. The van der Waals surface area contributed by atoms with E-state index >= 15 is 0 Å². The SMILES string of the molecule is CC1(OCCN2CCC3CCCCC32)CNC1. The summed E-state index contributed by atoms with van der Waals surface area (Å²) in [6, 6.07) is 0.889. The highest BCUT2D eigenvalue weighted by Crippen LogP contribution is 2.35. The second kappa shape index (κ2) is 4.87. The quantitative estimate of drug-likeness (QED) is 0.805. The number of ether oxygens (including phenoxy) is 1. The van der Waals surface area contributed by atoms with Crippen molar-refractivity contribution in [3.05, 3.63) is 0 Å². The normalized spacial score (nSPS) is 36.5. The van der Waals surface area contributed by atoms with Crippen LogP contribution < -0.4 is 5.32 Å². The average molecular weight is 238 g/mol. The highest BCUT2D eigenvalue weighted by atomic mass is 16.5. The predicted octanol–water partition coefficient (Wildman–Crippen LogP) is 1.63. The van der Waals surface area contributed by atoms with E-state index in [1.165, 1.54) is 38.6 Å². The van der Waals surface area contributed by atoms with E-state index in [9.17, 15) is 0 Å². The Labute approximate surface area is 105 Å². The highest BCUT2D eigenvalue weighted by Gasteiger charge is 2.36. The fourth-order valence-corrected chi connectivity index (χ4v) is 3.77. The Balaban J connectivity index is 1.42. The van der Waals surface area contributed by atoms with Gasteiger partial charge >= 0.3 is 0 Å². The lowest BCUT2D eigenvalue weighted by atomic mass is 9.85. The molecule has 0 radical (unpaired) electrons. The number of hydrogen-bond donors (Lipinski definition) is 1. The van der Waals surface area contributed by atoms with Gasteiger partial charge in [0.05, 0.1) is 12.2 Å². The van der Waals surface area contributed by atoms with Gasteiger partial charge < -0.3 is 10.1 Å². The van der Waals surface area contributed by atoms with Gasteiger partial charge in [-0.2, -0.15) is 0 Å². The summed E-state index contributed by atoms with van der Waals surface area (Å²) in [4.78, 5) is 2.69. The van der Waals surface area contributed by atoms with Crippen molar-refractivity contribution in [3.8, 4) is 0 Å². The van der Waals surface area contributed by atoms with Crippen LogP contribution in [0.3, 0.4) is 0 Å². The first-order valence-corrected chi connectivity index (χ1v) is 7.36. The molecule has 3 nitrogen and oxygen atoms in total. The van der Waals surface area contributed by atoms with Gasteiger partial charge in [-0.15, -0.1) is 0 Å². The van der Waals surface area contributed by atoms with E-state index in [1.807, 2.05) is 0 Å². The van der Waals surface area contributed by atoms with Crippen LogP contribution in [-0.2, 0) is 4.74 Å². The summed E-state index contributed by atoms with van der Waals surface area (Å²) in [6.07, 6.45) is 7.26. The zero-order chi connectivity index (χ0) is 11.7. The first-order valence-electron chi connectivity index (χ1n) is 7.36. The number of nitrogens with one attached hydrogen (secondary N) is 1. The zero-order valence-corrected chi connectivity index (χ0v) is 11.1. The van der Waals surface area contributed by atoms with Crippen LogP contribution >= 0.6 is 0 Å². The monoisotopic (exact) mass is 238 g/mol. The van der Waals surface area contributed by atoms with Gasteiger partial charge in [-0.25, -0.2) is 0 Å². The van der Waals surface area contributed by atoms with Crippen molar-refractivity contribution in [1.29, 1.82) is 0 Å². The molecule has 17 heavy (non-hydrogen) atoms. The van der Waals surface area contributed by atoms with Gasteiger partial charge in [0.1, 0.15) is 0 Å². The molecule has 2 atom stereocenters. The Morgan fingerprint density at radius 3 is 2.82 bits per heavy atom. The lowest BCUT2D eigenvalue weighted by molar-refractivity contribution is -0.0736. The molecule has 0 spiro atoms. The summed E-state index contributed by atoms with van der Waals surface area (Å²) in [6.45, 7) is 7.65. The molecule has 1 N–H and O–H groups in total. The van der Waals surface area contributed by atoms with Gasteiger partial charge in [-0.05, 0) is 38.6 Å². The van der Waals surface area contributed by atoms with Gasteiger partial charge in [0.15, 0.2) is 0 Å². The maximum atomic E-state index is 6.00. The van der Waals surface area contributed by atoms with Gasteiger partial charge in [0.25, 0.3) is 0 Å². The molecule has 0 bridgehead atoms. The van der Waals surface area contributed by atoms with Gasteiger partial charge in [0.2, 0.25) is 0 Å². The van der Waals surface area contributed by atoms with Crippen molar-refractivity contribution in [1.82, 2.24) is 10.2 Å². The second-order valence-electron chi connectivity index (χ2n) is 6.34. The highest BCUT2D eigenvalue weighted by molar-refractivity contribution is 4.92. The summed E-state index contributed by atoms with van der Waals surface area (Å²) < 4.78 is 6.00. The van der Waals surface area contributed by atoms with Crippen molar-refractivity contribution < 1.29 is 4.74 Å². The van der Waals surface area contributed by atoms with Crippen LogP contribution in [0.5, 0.6) is 0 Å². The molecule has 0 aromatic carbocycles. The van der Waals surface area contributed by atoms with Crippen LogP contribution in [0.25, 0.3) is 0 Å². The number of fused-ring (bicyclic) bond motifs is 1. The molecular weight excluding hydrogens is 212 g/mol. The van der Waals surface area contributed by atoms with Crippen LogP contribution in [0, 0.1) is 5.92 Å². The smallest absolute Gasteiger partial charge is 0.0902 e. The second-order valence-corrected chi connectivity index (χ2v) is 6.34. The van der Waals surface area contributed by atoms with Crippen LogP contribution in [0.15, 0.2) is 0 Å². The molecule has 3 heteroatoms. The van der Waals surface area contributed by atoms with Crippen molar-refractivity contribution >= 4 is 0 Å². The van der Waals surface area contributed by atoms with Crippen LogP contribution in [0.2, 0.25) is 0 Å². The molecule has 3 fully saturated rings. The molecule has 2 heterocycles. The molecule has 98 valence electrons. The van der Waals surface area contributed by atoms with E-state index in [1.54, 1.807) is 0 Å². The molecule has 0 aromatic heterocycles. The summed E-state index contributed by atoms with van der Waals surface area (Å²) >= 11 is 0. The Bertz CT molecular complexity index is 265. The van der Waals surface area contributed by atoms with Crippen molar-refractivity contribution in [2.24, 2.45) is 5.92 Å². The van der Waals surface area contributed by atoms with E-state index in [0.717, 1.165) is 38.2 Å². The summed E-state index contributed by atoms with van der Waals surface area (Å²) in [7, 11) is 0. The standard InChI is InChI=1S/C14H26N2O/c1-14(10-15-11-14)17-9-8-16-7-6-12-4-2-3-5-13(12)16/h12-13,15H,2-11H2,1H3. The fraction of sp³-hybridized carbons (Fsp3) is 1.00. The molecule has 3 rings (SSSR count). The van der Waals surface area contributed by atoms with E-state index in [4.69, 9.17) is 4.74 Å². The molecule has 0 amide bonds. The molecule has 2 aliphatic heterocycles. The van der Waals surface area contributed by atoms with Crippen molar-refractivity contribution in [2.45, 2.75) is 50.7 Å². The first-order chi connectivity index (χ1) is 8.27. The third-order valence-corrected chi connectivity index (χ3v) is 4.95. The van der Waals surface area contributed by atoms with Crippen molar-refractivity contribution in [2.75, 3.05) is 32.8 Å². The predicted molar refractivity (Wildman–Crippen MR) is 69.2 cm³/mol. The third-order valence-electron chi connectivity index (χ3n) is 4.95. The largest absolute Gasteiger partial charge is 0.371 e. The lowest BCUT2D eigenvalue weighted by Crippen LogP contribution is -2.59. The molecule has 0 aromatic rings. The molecular formula is C14H26N2O. The van der Waals surface area contributed by atoms with E-state index in [-0.39, 0.29) is 5.60 Å². The molecule has 3 aliphatic rings. The Kier molecular flexibility index (Phi) is 3.42. The maximum absolute atomic E-state index is 6.00. The van der Waals surface area contributed by atoms with Gasteiger partial charge in [0, 0.05) is 25.7 Å². The molecule has 2 saturated heterocycles. The third kappa shape index (κ3) is 2.51. The Hall–Kier alpha value is -0.120.